The van der Waals surface area contributed by atoms with Crippen molar-refractivity contribution in [3.8, 4) is 11.5 Å². The molecule has 0 saturated heterocycles. The van der Waals surface area contributed by atoms with Crippen molar-refractivity contribution in [1.82, 2.24) is 0 Å². The second-order valence-corrected chi connectivity index (χ2v) is 9.57. The third-order valence-electron chi connectivity index (χ3n) is 5.15. The van der Waals surface area contributed by atoms with E-state index in [9.17, 15) is 4.57 Å². The normalized spacial score (nSPS) is 12.0. The lowest BCUT2D eigenvalue weighted by Gasteiger charge is -2.22. The summed E-state index contributed by atoms with van der Waals surface area (Å²) in [5.74, 6) is 2.08. The first kappa shape index (κ1) is 23.5. The summed E-state index contributed by atoms with van der Waals surface area (Å²) in [6.07, 6.45) is 1.89. The molecular weight excluding hydrogens is 383 g/mol. The molecule has 0 radical (unpaired) electrons. The molecule has 0 aromatic heterocycles. The molecule has 0 aliphatic heterocycles. The van der Waals surface area contributed by atoms with Gasteiger partial charge in [0.15, 0.2) is 0 Å². The molecule has 0 saturated carbocycles. The highest BCUT2D eigenvalue weighted by atomic mass is 31.2. The summed E-state index contributed by atoms with van der Waals surface area (Å²) in [4.78, 5) is 0. The second kappa shape index (κ2) is 10.8. The molecule has 2 rings (SSSR count). The van der Waals surface area contributed by atoms with Crippen LogP contribution in [0.15, 0.2) is 48.5 Å². The van der Waals surface area contributed by atoms with Gasteiger partial charge in [-0.15, -0.1) is 0 Å². The molecule has 160 valence electrons. The maximum atomic E-state index is 13.5. The van der Waals surface area contributed by atoms with Crippen LogP contribution < -0.4 is 9.05 Å². The van der Waals surface area contributed by atoms with E-state index in [2.05, 4.69) is 41.5 Å². The highest BCUT2D eigenvalue weighted by Gasteiger charge is 2.32. The fraction of sp³-hybridized carbons (Fsp3) is 0.500. The number of phosphoric acid groups is 1. The summed E-state index contributed by atoms with van der Waals surface area (Å²) in [5, 5.41) is 0. The summed E-state index contributed by atoms with van der Waals surface area (Å²) < 4.78 is 30.7. The molecule has 0 aliphatic rings. The lowest BCUT2D eigenvalue weighted by atomic mass is 10.0. The quantitative estimate of drug-likeness (QED) is 0.347. The molecule has 0 aliphatic carbocycles. The van der Waals surface area contributed by atoms with Gasteiger partial charge in [-0.05, 0) is 53.1 Å². The van der Waals surface area contributed by atoms with Gasteiger partial charge < -0.3 is 9.05 Å². The van der Waals surface area contributed by atoms with E-state index in [0.29, 0.717) is 35.9 Å². The van der Waals surface area contributed by atoms with Gasteiger partial charge in [0.1, 0.15) is 11.5 Å². The maximum absolute atomic E-state index is 13.5. The largest absolute Gasteiger partial charge is 0.587 e. The third kappa shape index (κ3) is 7.21. The van der Waals surface area contributed by atoms with Crippen LogP contribution in [0, 0.1) is 5.92 Å². The predicted molar refractivity (Wildman–Crippen MR) is 120 cm³/mol. The van der Waals surface area contributed by atoms with E-state index in [1.807, 2.05) is 48.5 Å². The SMILES string of the molecule is CCC(CC)COP(=O)(Oc1ccc(C(C)C)cc1)Oc1ccc(C(C)C)cc1. The average molecular weight is 419 g/mol. The molecule has 29 heavy (non-hydrogen) atoms. The Labute approximate surface area is 176 Å². The molecular formula is C24H35O4P. The summed E-state index contributed by atoms with van der Waals surface area (Å²) in [6, 6.07) is 15.2. The lowest BCUT2D eigenvalue weighted by Crippen LogP contribution is -2.12. The Hall–Kier alpha value is -1.77. The van der Waals surface area contributed by atoms with E-state index in [0.717, 1.165) is 12.8 Å². The molecule has 0 fully saturated rings. The minimum atomic E-state index is -3.82. The van der Waals surface area contributed by atoms with Crippen LogP contribution in [0.5, 0.6) is 11.5 Å². The van der Waals surface area contributed by atoms with Crippen LogP contribution in [0.25, 0.3) is 0 Å². The Kier molecular flexibility index (Phi) is 8.79. The molecule has 5 heteroatoms. The Morgan fingerprint density at radius 3 is 1.41 bits per heavy atom. The number of rotatable bonds is 11. The van der Waals surface area contributed by atoms with Crippen LogP contribution in [-0.2, 0) is 9.09 Å². The number of hydrogen-bond donors (Lipinski definition) is 0. The zero-order valence-corrected chi connectivity index (χ0v) is 19.4. The van der Waals surface area contributed by atoms with Crippen molar-refractivity contribution < 1.29 is 18.1 Å². The smallest absolute Gasteiger partial charge is 0.395 e. The van der Waals surface area contributed by atoms with Crippen molar-refractivity contribution in [3.05, 3.63) is 59.7 Å². The van der Waals surface area contributed by atoms with Crippen LogP contribution in [0.2, 0.25) is 0 Å². The molecule has 4 nitrogen and oxygen atoms in total. The first-order valence-corrected chi connectivity index (χ1v) is 12.1. The fourth-order valence-electron chi connectivity index (χ4n) is 2.88. The van der Waals surface area contributed by atoms with Crippen LogP contribution in [0.4, 0.5) is 0 Å². The molecule has 0 unspecified atom stereocenters. The van der Waals surface area contributed by atoms with Gasteiger partial charge in [0.25, 0.3) is 0 Å². The minimum Gasteiger partial charge on any atom is -0.395 e. The Morgan fingerprint density at radius 2 is 1.10 bits per heavy atom. The third-order valence-corrected chi connectivity index (χ3v) is 6.49. The van der Waals surface area contributed by atoms with Gasteiger partial charge in [0.2, 0.25) is 0 Å². The van der Waals surface area contributed by atoms with Crippen molar-refractivity contribution in [3.63, 3.8) is 0 Å². The molecule has 0 atom stereocenters. The van der Waals surface area contributed by atoms with E-state index in [4.69, 9.17) is 13.6 Å². The van der Waals surface area contributed by atoms with E-state index in [1.54, 1.807) is 0 Å². The average Bonchev–Trinajstić information content (AvgIpc) is 2.69. The van der Waals surface area contributed by atoms with Gasteiger partial charge >= 0.3 is 7.82 Å². The molecule has 0 amide bonds. The van der Waals surface area contributed by atoms with Gasteiger partial charge in [0, 0.05) is 0 Å². The zero-order chi connectivity index (χ0) is 21.4. The lowest BCUT2D eigenvalue weighted by molar-refractivity contribution is 0.174. The number of benzene rings is 2. The molecule has 0 spiro atoms. The van der Waals surface area contributed by atoms with Crippen molar-refractivity contribution in [2.24, 2.45) is 5.92 Å². The summed E-state index contributed by atoms with van der Waals surface area (Å²) in [7, 11) is -3.82. The van der Waals surface area contributed by atoms with Gasteiger partial charge in [-0.25, -0.2) is 4.57 Å². The van der Waals surface area contributed by atoms with Crippen molar-refractivity contribution >= 4 is 7.82 Å². The molecule has 0 heterocycles. The van der Waals surface area contributed by atoms with Gasteiger partial charge in [-0.3, -0.25) is 4.52 Å². The maximum Gasteiger partial charge on any atom is 0.587 e. The van der Waals surface area contributed by atoms with Crippen molar-refractivity contribution in [2.75, 3.05) is 6.61 Å². The number of hydrogen-bond acceptors (Lipinski definition) is 4. The Morgan fingerprint density at radius 1 is 0.724 bits per heavy atom. The Balaban J connectivity index is 2.20. The highest BCUT2D eigenvalue weighted by molar-refractivity contribution is 7.49. The predicted octanol–water partition coefficient (Wildman–Crippen LogP) is 7.95. The van der Waals surface area contributed by atoms with Crippen molar-refractivity contribution in [1.29, 1.82) is 0 Å². The second-order valence-electron chi connectivity index (χ2n) is 8.06. The Bertz CT molecular complexity index is 720. The van der Waals surface area contributed by atoms with E-state index in [-0.39, 0.29) is 0 Å². The van der Waals surface area contributed by atoms with Crippen LogP contribution in [-0.4, -0.2) is 6.61 Å². The minimum absolute atomic E-state index is 0.308. The summed E-state index contributed by atoms with van der Waals surface area (Å²) in [6.45, 7) is 13.0. The zero-order valence-electron chi connectivity index (χ0n) is 18.6. The van der Waals surface area contributed by atoms with E-state index < -0.39 is 7.82 Å². The van der Waals surface area contributed by atoms with Crippen molar-refractivity contribution in [2.45, 2.75) is 66.2 Å². The summed E-state index contributed by atoms with van der Waals surface area (Å²) in [5.41, 5.74) is 2.38. The molecule has 2 aromatic rings. The summed E-state index contributed by atoms with van der Waals surface area (Å²) >= 11 is 0. The highest BCUT2D eigenvalue weighted by Crippen LogP contribution is 2.50. The van der Waals surface area contributed by atoms with E-state index in [1.165, 1.54) is 11.1 Å². The van der Waals surface area contributed by atoms with Gasteiger partial charge in [-0.2, -0.15) is 0 Å². The van der Waals surface area contributed by atoms with E-state index >= 15 is 0 Å². The topological polar surface area (TPSA) is 44.8 Å². The first-order chi connectivity index (χ1) is 13.8. The first-order valence-electron chi connectivity index (χ1n) is 10.6. The van der Waals surface area contributed by atoms with Gasteiger partial charge in [0.05, 0.1) is 6.61 Å². The van der Waals surface area contributed by atoms with Crippen LogP contribution >= 0.6 is 7.82 Å². The van der Waals surface area contributed by atoms with Crippen LogP contribution in [0.1, 0.15) is 77.3 Å². The fourth-order valence-corrected chi connectivity index (χ4v) is 4.17. The molecule has 0 bridgehead atoms. The van der Waals surface area contributed by atoms with Crippen LogP contribution in [0.3, 0.4) is 0 Å². The van der Waals surface area contributed by atoms with Gasteiger partial charge in [-0.1, -0.05) is 78.6 Å². The standard InChI is InChI=1S/C24H35O4P/c1-7-20(8-2)17-26-29(25,27-23-13-9-21(10-14-23)18(3)4)28-24-15-11-22(12-16-24)19(5)6/h9-16,18-20H,7-8,17H2,1-6H3. The molecule has 2 aromatic carbocycles. The number of phosphoric ester groups is 1. The monoisotopic (exact) mass is 418 g/mol. The molecule has 0 N–H and O–H groups in total.